The van der Waals surface area contributed by atoms with E-state index in [9.17, 15) is 4.79 Å². The van der Waals surface area contributed by atoms with Crippen molar-refractivity contribution in [3.05, 3.63) is 29.8 Å². The van der Waals surface area contributed by atoms with E-state index in [2.05, 4.69) is 15.5 Å². The van der Waals surface area contributed by atoms with Crippen molar-refractivity contribution in [2.75, 3.05) is 12.4 Å². The summed E-state index contributed by atoms with van der Waals surface area (Å²) in [6.07, 6.45) is 0.707. The standard InChI is InChI=1S/C15H17N3O3S2/c1-9-7-12(13(19)21-9)22-15-18-17-14(23-15)16-8-10-3-5-11(20-2)6-4-10/h3-6,9,12H,7-8H2,1-2H3,(H,16,17)/t9-,12+/m1/s1. The van der Waals surface area contributed by atoms with Crippen molar-refractivity contribution in [2.24, 2.45) is 0 Å². The second-order valence-corrected chi connectivity index (χ2v) is 7.59. The first-order valence-electron chi connectivity index (χ1n) is 7.21. The van der Waals surface area contributed by atoms with Crippen LogP contribution in [0.5, 0.6) is 5.75 Å². The molecule has 23 heavy (non-hydrogen) atoms. The van der Waals surface area contributed by atoms with Gasteiger partial charge in [-0.25, -0.2) is 0 Å². The van der Waals surface area contributed by atoms with Crippen LogP contribution in [0.3, 0.4) is 0 Å². The normalized spacial score (nSPS) is 20.3. The quantitative estimate of drug-likeness (QED) is 0.802. The van der Waals surface area contributed by atoms with Crippen molar-refractivity contribution in [3.63, 3.8) is 0 Å². The summed E-state index contributed by atoms with van der Waals surface area (Å²) in [5.41, 5.74) is 1.13. The zero-order valence-corrected chi connectivity index (χ0v) is 14.4. The molecule has 1 aromatic heterocycles. The molecule has 2 atom stereocenters. The number of carbonyl (C=O) groups excluding carboxylic acids is 1. The van der Waals surface area contributed by atoms with Crippen molar-refractivity contribution >= 4 is 34.2 Å². The summed E-state index contributed by atoms with van der Waals surface area (Å²) in [6.45, 7) is 2.56. The van der Waals surface area contributed by atoms with Crippen LogP contribution in [-0.4, -0.2) is 34.6 Å². The molecular weight excluding hydrogens is 334 g/mol. The zero-order valence-electron chi connectivity index (χ0n) is 12.8. The van der Waals surface area contributed by atoms with Crippen molar-refractivity contribution in [2.45, 2.75) is 35.6 Å². The number of benzene rings is 1. The van der Waals surface area contributed by atoms with Crippen LogP contribution in [0.4, 0.5) is 5.13 Å². The predicted octanol–water partition coefficient (Wildman–Crippen LogP) is 2.95. The van der Waals surface area contributed by atoms with Gasteiger partial charge in [-0.1, -0.05) is 35.2 Å². The second-order valence-electron chi connectivity index (χ2n) is 5.16. The molecule has 3 rings (SSSR count). The van der Waals surface area contributed by atoms with Crippen LogP contribution < -0.4 is 10.1 Å². The van der Waals surface area contributed by atoms with Gasteiger partial charge in [0, 0.05) is 13.0 Å². The van der Waals surface area contributed by atoms with Crippen molar-refractivity contribution in [3.8, 4) is 5.75 Å². The third-order valence-corrected chi connectivity index (χ3v) is 5.55. The molecule has 1 aliphatic rings. The lowest BCUT2D eigenvalue weighted by molar-refractivity contribution is -0.140. The van der Waals surface area contributed by atoms with Crippen LogP contribution in [0.1, 0.15) is 18.9 Å². The van der Waals surface area contributed by atoms with Crippen LogP contribution in [-0.2, 0) is 16.1 Å². The molecule has 1 saturated heterocycles. The van der Waals surface area contributed by atoms with Crippen LogP contribution >= 0.6 is 23.1 Å². The molecule has 1 N–H and O–H groups in total. The van der Waals surface area contributed by atoms with Crippen molar-refractivity contribution in [1.82, 2.24) is 10.2 Å². The number of nitrogens with zero attached hydrogens (tertiary/aromatic N) is 2. The average Bonchev–Trinajstić information content (AvgIpc) is 3.12. The van der Waals surface area contributed by atoms with E-state index in [-0.39, 0.29) is 17.3 Å². The highest BCUT2D eigenvalue weighted by molar-refractivity contribution is 8.02. The van der Waals surface area contributed by atoms with E-state index in [4.69, 9.17) is 9.47 Å². The zero-order chi connectivity index (χ0) is 16.2. The Morgan fingerprint density at radius 1 is 1.39 bits per heavy atom. The summed E-state index contributed by atoms with van der Waals surface area (Å²) < 4.78 is 11.1. The van der Waals surface area contributed by atoms with Crippen molar-refractivity contribution in [1.29, 1.82) is 0 Å². The number of carbonyl (C=O) groups is 1. The van der Waals surface area contributed by atoms with E-state index in [0.29, 0.717) is 6.54 Å². The van der Waals surface area contributed by atoms with Gasteiger partial charge in [0.05, 0.1) is 7.11 Å². The average molecular weight is 351 g/mol. The van der Waals surface area contributed by atoms with Gasteiger partial charge in [-0.3, -0.25) is 4.79 Å². The minimum absolute atomic E-state index is 0.0133. The van der Waals surface area contributed by atoms with E-state index in [1.807, 2.05) is 31.2 Å². The summed E-state index contributed by atoms with van der Waals surface area (Å²) in [4.78, 5) is 11.6. The van der Waals surface area contributed by atoms with Crippen LogP contribution in [0, 0.1) is 0 Å². The summed E-state index contributed by atoms with van der Waals surface area (Å²) >= 11 is 2.87. The maximum Gasteiger partial charge on any atom is 0.319 e. The molecule has 122 valence electrons. The summed E-state index contributed by atoms with van der Waals surface area (Å²) in [6, 6.07) is 7.84. The highest BCUT2D eigenvalue weighted by Crippen LogP contribution is 2.34. The number of nitrogens with one attached hydrogen (secondary N) is 1. The van der Waals surface area contributed by atoms with E-state index in [1.165, 1.54) is 23.1 Å². The van der Waals surface area contributed by atoms with E-state index >= 15 is 0 Å². The second kappa shape index (κ2) is 7.18. The van der Waals surface area contributed by atoms with Gasteiger partial charge in [0.2, 0.25) is 5.13 Å². The molecule has 1 fully saturated rings. The molecule has 0 unspecified atom stereocenters. The molecular formula is C15H17N3O3S2. The maximum absolute atomic E-state index is 11.6. The maximum atomic E-state index is 11.6. The minimum Gasteiger partial charge on any atom is -0.497 e. The van der Waals surface area contributed by atoms with Gasteiger partial charge in [-0.2, -0.15) is 0 Å². The molecule has 2 heterocycles. The minimum atomic E-state index is -0.174. The molecule has 1 aliphatic heterocycles. The largest absolute Gasteiger partial charge is 0.497 e. The molecule has 0 bridgehead atoms. The Hall–Kier alpha value is -1.80. The third kappa shape index (κ3) is 4.14. The fraction of sp³-hybridized carbons (Fsp3) is 0.400. The molecule has 6 nitrogen and oxygen atoms in total. The Morgan fingerprint density at radius 3 is 2.83 bits per heavy atom. The molecule has 1 aromatic carbocycles. The number of ether oxygens (including phenoxy) is 2. The topological polar surface area (TPSA) is 73.3 Å². The van der Waals surface area contributed by atoms with Crippen LogP contribution in [0.25, 0.3) is 0 Å². The Morgan fingerprint density at radius 2 is 2.17 bits per heavy atom. The Labute approximate surface area is 142 Å². The lowest BCUT2D eigenvalue weighted by Gasteiger charge is -2.04. The number of aromatic nitrogens is 2. The van der Waals surface area contributed by atoms with Crippen LogP contribution in [0.15, 0.2) is 28.6 Å². The molecule has 8 heteroatoms. The fourth-order valence-corrected chi connectivity index (χ4v) is 4.29. The highest BCUT2D eigenvalue weighted by Gasteiger charge is 2.33. The monoisotopic (exact) mass is 351 g/mol. The molecule has 0 radical (unpaired) electrons. The van der Waals surface area contributed by atoms with E-state index in [0.717, 1.165) is 27.2 Å². The smallest absolute Gasteiger partial charge is 0.319 e. The number of hydrogen-bond acceptors (Lipinski definition) is 8. The number of methoxy groups -OCH3 is 1. The third-order valence-electron chi connectivity index (χ3n) is 3.38. The highest BCUT2D eigenvalue weighted by atomic mass is 32.2. The van der Waals surface area contributed by atoms with Gasteiger partial charge < -0.3 is 14.8 Å². The first-order valence-corrected chi connectivity index (χ1v) is 8.91. The summed E-state index contributed by atoms with van der Waals surface area (Å²) in [7, 11) is 1.65. The SMILES string of the molecule is COc1ccc(CNc2nnc(S[C@H]3C[C@@H](C)OC3=O)s2)cc1. The summed E-state index contributed by atoms with van der Waals surface area (Å²) in [5, 5.41) is 12.0. The van der Waals surface area contributed by atoms with E-state index < -0.39 is 0 Å². The molecule has 2 aromatic rings. The predicted molar refractivity (Wildman–Crippen MR) is 90.0 cm³/mol. The fourth-order valence-electron chi connectivity index (χ4n) is 2.19. The van der Waals surface area contributed by atoms with Gasteiger partial charge in [0.15, 0.2) is 4.34 Å². The van der Waals surface area contributed by atoms with Gasteiger partial charge >= 0.3 is 5.97 Å². The lowest BCUT2D eigenvalue weighted by atomic mass is 10.2. The number of rotatable bonds is 6. The molecule has 0 saturated carbocycles. The van der Waals surface area contributed by atoms with Crippen LogP contribution in [0.2, 0.25) is 0 Å². The number of anilines is 1. The van der Waals surface area contributed by atoms with E-state index in [1.54, 1.807) is 7.11 Å². The van der Waals surface area contributed by atoms with Gasteiger partial charge in [-0.15, -0.1) is 10.2 Å². The first kappa shape index (κ1) is 16.1. The Kier molecular flexibility index (Phi) is 5.02. The molecule has 0 spiro atoms. The number of thioether (sulfide) groups is 1. The number of cyclic esters (lactones) is 1. The van der Waals surface area contributed by atoms with Gasteiger partial charge in [0.1, 0.15) is 17.1 Å². The van der Waals surface area contributed by atoms with Gasteiger partial charge in [-0.05, 0) is 24.6 Å². The number of esters is 1. The Bertz CT molecular complexity index is 675. The lowest BCUT2D eigenvalue weighted by Crippen LogP contribution is -2.08. The molecule has 0 amide bonds. The number of hydrogen-bond donors (Lipinski definition) is 1. The Balaban J connectivity index is 1.53. The van der Waals surface area contributed by atoms with Gasteiger partial charge in [0.25, 0.3) is 0 Å². The summed E-state index contributed by atoms with van der Waals surface area (Å²) in [5.74, 6) is 0.673. The molecule has 0 aliphatic carbocycles. The van der Waals surface area contributed by atoms with Crippen molar-refractivity contribution < 1.29 is 14.3 Å². The first-order chi connectivity index (χ1) is 11.1.